The van der Waals surface area contributed by atoms with Gasteiger partial charge in [0.15, 0.2) is 0 Å². The molecular weight excluding hydrogens is 168 g/mol. The number of allylic oxidation sites excluding steroid dienone is 4. The van der Waals surface area contributed by atoms with Crippen LogP contribution in [0.4, 0.5) is 0 Å². The van der Waals surface area contributed by atoms with Crippen molar-refractivity contribution >= 4 is 0 Å². The van der Waals surface area contributed by atoms with Gasteiger partial charge in [0.25, 0.3) is 0 Å². The normalized spacial score (nSPS) is 11.9. The van der Waals surface area contributed by atoms with Gasteiger partial charge in [-0.1, -0.05) is 63.8 Å². The molecule has 0 N–H and O–H groups in total. The summed E-state index contributed by atoms with van der Waals surface area (Å²) in [4.78, 5) is 0. The molecule has 0 nitrogen and oxygen atoms in total. The molecule has 0 aromatic rings. The number of rotatable bonds is 9. The van der Waals surface area contributed by atoms with E-state index in [1.807, 2.05) is 0 Å². The quantitative estimate of drug-likeness (QED) is 0.347. The van der Waals surface area contributed by atoms with Crippen molar-refractivity contribution in [1.82, 2.24) is 0 Å². The van der Waals surface area contributed by atoms with Gasteiger partial charge in [-0.25, -0.2) is 0 Å². The summed E-state index contributed by atoms with van der Waals surface area (Å²) < 4.78 is 0. The second-order valence-corrected chi connectivity index (χ2v) is 3.79. The summed E-state index contributed by atoms with van der Waals surface area (Å²) in [5, 5.41) is 0. The van der Waals surface area contributed by atoms with Gasteiger partial charge in [-0.05, 0) is 25.7 Å². The minimum atomic E-state index is 1.11. The van der Waals surface area contributed by atoms with Crippen LogP contribution in [0.1, 0.15) is 65.2 Å². The summed E-state index contributed by atoms with van der Waals surface area (Å²) in [7, 11) is 0. The number of unbranched alkanes of at least 4 members (excludes halogenated alkanes) is 5. The van der Waals surface area contributed by atoms with E-state index in [4.69, 9.17) is 0 Å². The minimum absolute atomic E-state index is 1.11. The SMILES string of the molecule is CCC=CCC=CCCCCCCC. The maximum Gasteiger partial charge on any atom is -0.0169 e. The molecule has 0 bridgehead atoms. The zero-order chi connectivity index (χ0) is 10.5. The minimum Gasteiger partial charge on any atom is -0.0885 e. The highest BCUT2D eigenvalue weighted by atomic mass is 13.9. The highest BCUT2D eigenvalue weighted by Gasteiger charge is 1.85. The van der Waals surface area contributed by atoms with Crippen LogP contribution >= 0.6 is 0 Å². The molecule has 0 amide bonds. The molecule has 0 radical (unpaired) electrons. The molecule has 14 heavy (non-hydrogen) atoms. The predicted molar refractivity (Wildman–Crippen MR) is 66.6 cm³/mol. The van der Waals surface area contributed by atoms with E-state index in [2.05, 4.69) is 38.2 Å². The molecule has 0 heteroatoms. The van der Waals surface area contributed by atoms with Crippen LogP contribution in [-0.4, -0.2) is 0 Å². The van der Waals surface area contributed by atoms with E-state index < -0.39 is 0 Å². The zero-order valence-electron chi connectivity index (χ0n) is 9.97. The Bertz CT molecular complexity index is 142. The number of hydrogen-bond acceptors (Lipinski definition) is 0. The van der Waals surface area contributed by atoms with Gasteiger partial charge in [0.2, 0.25) is 0 Å². The van der Waals surface area contributed by atoms with Crippen molar-refractivity contribution in [1.29, 1.82) is 0 Å². The smallest absolute Gasteiger partial charge is 0.0169 e. The van der Waals surface area contributed by atoms with Crippen LogP contribution in [0.3, 0.4) is 0 Å². The largest absolute Gasteiger partial charge is 0.0885 e. The molecule has 0 aromatic heterocycles. The molecule has 0 fully saturated rings. The van der Waals surface area contributed by atoms with Gasteiger partial charge in [0, 0.05) is 0 Å². The van der Waals surface area contributed by atoms with Crippen molar-refractivity contribution in [2.75, 3.05) is 0 Å². The summed E-state index contributed by atoms with van der Waals surface area (Å²) in [6.45, 7) is 4.44. The fourth-order valence-electron chi connectivity index (χ4n) is 1.42. The maximum absolute atomic E-state index is 2.33. The Kier molecular flexibility index (Phi) is 12.0. The number of hydrogen-bond donors (Lipinski definition) is 0. The van der Waals surface area contributed by atoms with Crippen LogP contribution in [-0.2, 0) is 0 Å². The summed E-state index contributed by atoms with van der Waals surface area (Å²) in [5.74, 6) is 0. The Hall–Kier alpha value is -0.520. The third-order valence-electron chi connectivity index (χ3n) is 2.32. The molecule has 0 aliphatic heterocycles. The molecule has 82 valence electrons. The molecule has 0 aliphatic rings. The van der Waals surface area contributed by atoms with E-state index in [0.717, 1.165) is 12.8 Å². The molecule has 0 rings (SSSR count). The van der Waals surface area contributed by atoms with Crippen LogP contribution in [0.15, 0.2) is 24.3 Å². The molecule has 0 aromatic carbocycles. The average Bonchev–Trinajstić information content (AvgIpc) is 2.21. The highest BCUT2D eigenvalue weighted by Crippen LogP contribution is 2.05. The summed E-state index contributed by atoms with van der Waals surface area (Å²) in [6.07, 6.45) is 19.6. The topological polar surface area (TPSA) is 0 Å². The lowest BCUT2D eigenvalue weighted by molar-refractivity contribution is 0.637. The Labute approximate surface area is 90.1 Å². The fraction of sp³-hybridized carbons (Fsp3) is 0.714. The monoisotopic (exact) mass is 194 g/mol. The lowest BCUT2D eigenvalue weighted by Gasteiger charge is -1.95. The first-order chi connectivity index (χ1) is 6.91. The highest BCUT2D eigenvalue weighted by molar-refractivity contribution is 4.92. The van der Waals surface area contributed by atoms with Crippen molar-refractivity contribution in [3.8, 4) is 0 Å². The Morgan fingerprint density at radius 3 is 2.14 bits per heavy atom. The van der Waals surface area contributed by atoms with Gasteiger partial charge in [-0.3, -0.25) is 0 Å². The van der Waals surface area contributed by atoms with Crippen LogP contribution < -0.4 is 0 Å². The molecule has 0 spiro atoms. The molecule has 0 saturated heterocycles. The summed E-state index contributed by atoms with van der Waals surface area (Å²) in [5.41, 5.74) is 0. The van der Waals surface area contributed by atoms with Crippen molar-refractivity contribution in [2.24, 2.45) is 0 Å². The van der Waals surface area contributed by atoms with Gasteiger partial charge in [0.1, 0.15) is 0 Å². The van der Waals surface area contributed by atoms with E-state index in [9.17, 15) is 0 Å². The van der Waals surface area contributed by atoms with Crippen molar-refractivity contribution in [3.63, 3.8) is 0 Å². The van der Waals surface area contributed by atoms with E-state index in [-0.39, 0.29) is 0 Å². The molecule has 0 saturated carbocycles. The van der Waals surface area contributed by atoms with Gasteiger partial charge in [-0.2, -0.15) is 0 Å². The standard InChI is InChI=1S/C14H26/c1-3-5-7-9-11-13-14-12-10-8-6-4-2/h5,7,11,13H,3-4,6,8-10,12,14H2,1-2H3. The van der Waals surface area contributed by atoms with Gasteiger partial charge in [-0.15, -0.1) is 0 Å². The van der Waals surface area contributed by atoms with Gasteiger partial charge >= 0.3 is 0 Å². The van der Waals surface area contributed by atoms with Crippen LogP contribution in [0.2, 0.25) is 0 Å². The van der Waals surface area contributed by atoms with Crippen molar-refractivity contribution in [3.05, 3.63) is 24.3 Å². The third-order valence-corrected chi connectivity index (χ3v) is 2.32. The molecule has 0 aliphatic carbocycles. The lowest BCUT2D eigenvalue weighted by Crippen LogP contribution is -1.75. The second kappa shape index (κ2) is 12.5. The molecule has 0 atom stereocenters. The lowest BCUT2D eigenvalue weighted by atomic mass is 10.1. The summed E-state index contributed by atoms with van der Waals surface area (Å²) >= 11 is 0. The third kappa shape index (κ3) is 11.5. The average molecular weight is 194 g/mol. The maximum atomic E-state index is 2.33. The predicted octanol–water partition coefficient (Wildman–Crippen LogP) is 5.26. The van der Waals surface area contributed by atoms with Crippen LogP contribution in [0.25, 0.3) is 0 Å². The van der Waals surface area contributed by atoms with Crippen molar-refractivity contribution in [2.45, 2.75) is 65.2 Å². The molecular formula is C14H26. The second-order valence-electron chi connectivity index (χ2n) is 3.79. The van der Waals surface area contributed by atoms with E-state index in [1.54, 1.807) is 0 Å². The van der Waals surface area contributed by atoms with Gasteiger partial charge in [0.05, 0.1) is 0 Å². The summed E-state index contributed by atoms with van der Waals surface area (Å²) in [6, 6.07) is 0. The zero-order valence-corrected chi connectivity index (χ0v) is 9.97. The molecule has 0 heterocycles. The first-order valence-corrected chi connectivity index (χ1v) is 6.21. The Balaban J connectivity index is 3.07. The Morgan fingerprint density at radius 2 is 1.43 bits per heavy atom. The first kappa shape index (κ1) is 13.5. The Morgan fingerprint density at radius 1 is 0.714 bits per heavy atom. The van der Waals surface area contributed by atoms with Crippen LogP contribution in [0, 0.1) is 0 Å². The van der Waals surface area contributed by atoms with Crippen LogP contribution in [0.5, 0.6) is 0 Å². The van der Waals surface area contributed by atoms with Crippen molar-refractivity contribution < 1.29 is 0 Å². The van der Waals surface area contributed by atoms with Gasteiger partial charge < -0.3 is 0 Å². The van der Waals surface area contributed by atoms with E-state index >= 15 is 0 Å². The fourth-order valence-corrected chi connectivity index (χ4v) is 1.42. The van der Waals surface area contributed by atoms with E-state index in [1.165, 1.54) is 38.5 Å². The first-order valence-electron chi connectivity index (χ1n) is 6.21. The van der Waals surface area contributed by atoms with E-state index in [0.29, 0.717) is 0 Å². The molecule has 0 unspecified atom stereocenters.